The van der Waals surface area contributed by atoms with Crippen LogP contribution >= 0.6 is 0 Å². The number of piperidine rings is 1. The molecule has 0 spiro atoms. The minimum absolute atomic E-state index is 0.226. The molecule has 6 nitrogen and oxygen atoms in total. The van der Waals surface area contributed by atoms with Crippen LogP contribution < -0.4 is 10.6 Å². The van der Waals surface area contributed by atoms with Crippen molar-refractivity contribution >= 4 is 23.8 Å². The smallest absolute Gasteiger partial charge is 0.243 e. The highest BCUT2D eigenvalue weighted by Gasteiger charge is 2.30. The van der Waals surface area contributed by atoms with Crippen LogP contribution in [0.5, 0.6) is 0 Å². The maximum atomic E-state index is 11.9. The van der Waals surface area contributed by atoms with E-state index in [1.165, 1.54) is 0 Å². The van der Waals surface area contributed by atoms with Crippen LogP contribution in [0.2, 0.25) is 0 Å². The summed E-state index contributed by atoms with van der Waals surface area (Å²) < 4.78 is 0. The minimum atomic E-state index is -0.355. The molecule has 1 heterocycles. The van der Waals surface area contributed by atoms with E-state index >= 15 is 0 Å². The molecule has 0 radical (unpaired) electrons. The first kappa shape index (κ1) is 16.2. The second-order valence-corrected chi connectivity index (χ2v) is 5.40. The summed E-state index contributed by atoms with van der Waals surface area (Å²) in [6, 6.07) is 5.16. The molecule has 118 valence electrons. The van der Waals surface area contributed by atoms with Gasteiger partial charge in [0.15, 0.2) is 0 Å². The van der Waals surface area contributed by atoms with Gasteiger partial charge in [0.05, 0.1) is 6.04 Å². The van der Waals surface area contributed by atoms with Crippen molar-refractivity contribution in [1.82, 2.24) is 10.2 Å². The van der Waals surface area contributed by atoms with Gasteiger partial charge in [-0.3, -0.25) is 24.6 Å². The van der Waals surface area contributed by atoms with E-state index in [0.717, 1.165) is 24.1 Å². The molecule has 1 unspecified atom stereocenters. The van der Waals surface area contributed by atoms with Crippen LogP contribution in [0.1, 0.15) is 35.7 Å². The van der Waals surface area contributed by atoms with E-state index in [0.29, 0.717) is 24.9 Å². The molecule has 1 saturated heterocycles. The Labute approximate surface area is 129 Å². The fourth-order valence-electron chi connectivity index (χ4n) is 2.71. The first-order chi connectivity index (χ1) is 10.6. The van der Waals surface area contributed by atoms with Gasteiger partial charge in [-0.2, -0.15) is 0 Å². The van der Waals surface area contributed by atoms with Crippen LogP contribution in [-0.2, 0) is 16.1 Å². The number of likely N-dealkylation sites (N-methyl/N-ethyl adjacent to an activating group) is 1. The number of benzene rings is 1. The Balaban J connectivity index is 2.20. The predicted molar refractivity (Wildman–Crippen MR) is 83.6 cm³/mol. The van der Waals surface area contributed by atoms with E-state index in [-0.39, 0.29) is 17.9 Å². The van der Waals surface area contributed by atoms with Gasteiger partial charge < -0.3 is 5.32 Å². The number of carbonyl (C=O) groups is 3. The first-order valence-electron chi connectivity index (χ1n) is 7.41. The average Bonchev–Trinajstić information content (AvgIpc) is 2.49. The number of carbonyl (C=O) groups excluding carboxylic acids is 3. The number of nitrogens with one attached hydrogen (secondary N) is 2. The number of anilines is 1. The normalized spacial score (nSPS) is 18.2. The zero-order valence-corrected chi connectivity index (χ0v) is 12.9. The molecular formula is C16H21N3O3. The summed E-state index contributed by atoms with van der Waals surface area (Å²) in [7, 11) is 1.83. The maximum Gasteiger partial charge on any atom is 0.243 e. The largest absolute Gasteiger partial charge is 0.385 e. The summed E-state index contributed by atoms with van der Waals surface area (Å²) in [5.41, 5.74) is 2.37. The third-order valence-electron chi connectivity index (χ3n) is 3.86. The molecule has 6 heteroatoms. The molecule has 1 aliphatic rings. The zero-order valence-electron chi connectivity index (χ0n) is 12.9. The van der Waals surface area contributed by atoms with Crippen LogP contribution in [0.25, 0.3) is 0 Å². The van der Waals surface area contributed by atoms with Gasteiger partial charge in [0.1, 0.15) is 6.29 Å². The zero-order chi connectivity index (χ0) is 16.1. The molecule has 0 saturated carbocycles. The Bertz CT molecular complexity index is 586. The van der Waals surface area contributed by atoms with Crippen LogP contribution in [0, 0.1) is 0 Å². The summed E-state index contributed by atoms with van der Waals surface area (Å²) in [5.74, 6) is -0.497. The van der Waals surface area contributed by atoms with Gasteiger partial charge in [0, 0.05) is 30.8 Å². The van der Waals surface area contributed by atoms with Gasteiger partial charge in [0.25, 0.3) is 0 Å². The van der Waals surface area contributed by atoms with Gasteiger partial charge in [0.2, 0.25) is 11.8 Å². The third kappa shape index (κ3) is 3.51. The van der Waals surface area contributed by atoms with E-state index < -0.39 is 0 Å². The number of aldehydes is 1. The Hall–Kier alpha value is -2.21. The summed E-state index contributed by atoms with van der Waals surface area (Å²) in [6.07, 6.45) is 1.67. The van der Waals surface area contributed by atoms with Crippen molar-refractivity contribution in [2.75, 3.05) is 18.9 Å². The monoisotopic (exact) mass is 303 g/mol. The van der Waals surface area contributed by atoms with Crippen LogP contribution in [0.3, 0.4) is 0 Å². The molecule has 1 aromatic carbocycles. The molecule has 1 atom stereocenters. The molecule has 1 fully saturated rings. The fraction of sp³-hybridized carbons (Fsp3) is 0.438. The quantitative estimate of drug-likeness (QED) is 0.609. The SMILES string of the molecule is CCNc1cccc(C=O)c1CN(C)C1CCC(=O)NC1=O. The van der Waals surface area contributed by atoms with E-state index in [4.69, 9.17) is 0 Å². The Morgan fingerprint density at radius 2 is 2.18 bits per heavy atom. The number of rotatable bonds is 6. The Morgan fingerprint density at radius 1 is 1.41 bits per heavy atom. The summed E-state index contributed by atoms with van der Waals surface area (Å²) in [4.78, 5) is 36.3. The maximum absolute atomic E-state index is 11.9. The minimum Gasteiger partial charge on any atom is -0.385 e. The van der Waals surface area contributed by atoms with Crippen molar-refractivity contribution in [1.29, 1.82) is 0 Å². The standard InChI is InChI=1S/C16H21N3O3/c1-3-17-13-6-4-5-11(10-20)12(13)9-19(2)14-7-8-15(21)18-16(14)22/h4-6,10,14,17H,3,7-9H2,1-2H3,(H,18,21,22). The van der Waals surface area contributed by atoms with Crippen LogP contribution in [0.15, 0.2) is 18.2 Å². The lowest BCUT2D eigenvalue weighted by molar-refractivity contribution is -0.137. The van der Waals surface area contributed by atoms with Crippen molar-refractivity contribution in [3.8, 4) is 0 Å². The highest BCUT2D eigenvalue weighted by Crippen LogP contribution is 2.23. The number of nitrogens with zero attached hydrogens (tertiary/aromatic N) is 1. The lowest BCUT2D eigenvalue weighted by atomic mass is 10.0. The van der Waals surface area contributed by atoms with E-state index in [1.807, 2.05) is 31.0 Å². The highest BCUT2D eigenvalue weighted by atomic mass is 16.2. The number of imide groups is 1. The molecule has 1 aromatic rings. The molecule has 2 N–H and O–H groups in total. The predicted octanol–water partition coefficient (Wildman–Crippen LogP) is 1.17. The third-order valence-corrected chi connectivity index (χ3v) is 3.86. The average molecular weight is 303 g/mol. The highest BCUT2D eigenvalue weighted by molar-refractivity contribution is 6.00. The van der Waals surface area contributed by atoms with Crippen LogP contribution in [0.4, 0.5) is 5.69 Å². The summed E-state index contributed by atoms with van der Waals surface area (Å²) in [6.45, 7) is 3.20. The molecule has 2 rings (SSSR count). The molecule has 0 aromatic heterocycles. The van der Waals surface area contributed by atoms with Crippen molar-refractivity contribution in [3.05, 3.63) is 29.3 Å². The summed E-state index contributed by atoms with van der Waals surface area (Å²) in [5, 5.41) is 5.60. The first-order valence-corrected chi connectivity index (χ1v) is 7.41. The summed E-state index contributed by atoms with van der Waals surface area (Å²) >= 11 is 0. The van der Waals surface area contributed by atoms with Gasteiger partial charge in [-0.25, -0.2) is 0 Å². The molecule has 2 amide bonds. The second-order valence-electron chi connectivity index (χ2n) is 5.40. The Morgan fingerprint density at radius 3 is 2.82 bits per heavy atom. The van der Waals surface area contributed by atoms with Crippen molar-refractivity contribution in [2.45, 2.75) is 32.4 Å². The van der Waals surface area contributed by atoms with Gasteiger partial charge in [-0.15, -0.1) is 0 Å². The second kappa shape index (κ2) is 7.17. The molecule has 22 heavy (non-hydrogen) atoms. The topological polar surface area (TPSA) is 78.5 Å². The fourth-order valence-corrected chi connectivity index (χ4v) is 2.71. The van der Waals surface area contributed by atoms with Gasteiger partial charge >= 0.3 is 0 Å². The van der Waals surface area contributed by atoms with Crippen LogP contribution in [-0.4, -0.2) is 42.6 Å². The molecule has 1 aliphatic heterocycles. The van der Waals surface area contributed by atoms with Gasteiger partial charge in [-0.1, -0.05) is 12.1 Å². The van der Waals surface area contributed by atoms with Crippen molar-refractivity contribution in [2.24, 2.45) is 0 Å². The molecule has 0 aliphatic carbocycles. The lowest BCUT2D eigenvalue weighted by Crippen LogP contribution is -2.51. The van der Waals surface area contributed by atoms with E-state index in [9.17, 15) is 14.4 Å². The number of hydrogen-bond donors (Lipinski definition) is 2. The van der Waals surface area contributed by atoms with E-state index in [1.54, 1.807) is 6.07 Å². The van der Waals surface area contributed by atoms with Crippen molar-refractivity contribution in [3.63, 3.8) is 0 Å². The Kier molecular flexibility index (Phi) is 5.27. The lowest BCUT2D eigenvalue weighted by Gasteiger charge is -2.30. The molecule has 0 bridgehead atoms. The van der Waals surface area contributed by atoms with E-state index in [2.05, 4.69) is 10.6 Å². The van der Waals surface area contributed by atoms with Gasteiger partial charge in [-0.05, 0) is 32.0 Å². The molecular weight excluding hydrogens is 282 g/mol. The number of hydrogen-bond acceptors (Lipinski definition) is 5. The number of amides is 2. The van der Waals surface area contributed by atoms with Crippen molar-refractivity contribution < 1.29 is 14.4 Å².